The molecular weight excluding hydrogens is 386 g/mol. The van der Waals surface area contributed by atoms with Gasteiger partial charge in [-0.1, -0.05) is 30.3 Å². The number of imide groups is 1. The van der Waals surface area contributed by atoms with Crippen LogP contribution in [0, 0.1) is 0 Å². The Kier molecular flexibility index (Phi) is 5.56. The predicted octanol–water partition coefficient (Wildman–Crippen LogP) is 2.86. The zero-order chi connectivity index (χ0) is 21.1. The number of hydrogen-bond acceptors (Lipinski definition) is 5. The fraction of sp³-hybridized carbons (Fsp3) is 0.318. The van der Waals surface area contributed by atoms with Crippen LogP contribution in [0.2, 0.25) is 0 Å². The Morgan fingerprint density at radius 2 is 1.87 bits per heavy atom. The first-order valence-electron chi connectivity index (χ1n) is 9.91. The van der Waals surface area contributed by atoms with Gasteiger partial charge in [-0.2, -0.15) is 0 Å². The standard InChI is InChI=1S/C22H23N3O5/c1-14(15-5-3-2-4-6-15)25-21(27)17(24-22(25)28)8-10-20(26)23-16-7-9-18-19(13-16)30-12-11-29-18/h2-7,9,13-14,17H,8,10-12H2,1H3,(H,23,26)(H,24,28)/t14-,17-/m1/s1. The molecule has 1 fully saturated rings. The summed E-state index contributed by atoms with van der Waals surface area (Å²) < 4.78 is 11.0. The van der Waals surface area contributed by atoms with Gasteiger partial charge in [0.1, 0.15) is 19.3 Å². The molecule has 8 nitrogen and oxygen atoms in total. The lowest BCUT2D eigenvalue weighted by Crippen LogP contribution is -2.34. The van der Waals surface area contributed by atoms with Gasteiger partial charge in [0.15, 0.2) is 11.5 Å². The highest BCUT2D eigenvalue weighted by Crippen LogP contribution is 2.32. The van der Waals surface area contributed by atoms with Gasteiger partial charge in [0.25, 0.3) is 5.91 Å². The zero-order valence-corrected chi connectivity index (χ0v) is 16.6. The molecule has 0 radical (unpaired) electrons. The normalized spacial score (nSPS) is 18.7. The molecule has 0 aliphatic carbocycles. The monoisotopic (exact) mass is 409 g/mol. The Morgan fingerprint density at radius 1 is 1.13 bits per heavy atom. The predicted molar refractivity (Wildman–Crippen MR) is 109 cm³/mol. The number of nitrogens with zero attached hydrogens (tertiary/aromatic N) is 1. The highest BCUT2D eigenvalue weighted by molar-refractivity contribution is 6.05. The SMILES string of the molecule is C[C@H](c1ccccc1)N1C(=O)N[C@H](CCC(=O)Nc2ccc3c(c2)OCCO3)C1=O. The van der Waals surface area contributed by atoms with E-state index in [0.29, 0.717) is 30.4 Å². The largest absolute Gasteiger partial charge is 0.486 e. The molecule has 30 heavy (non-hydrogen) atoms. The van der Waals surface area contributed by atoms with E-state index in [1.165, 1.54) is 4.90 Å². The summed E-state index contributed by atoms with van der Waals surface area (Å²) in [6.07, 6.45) is 0.317. The van der Waals surface area contributed by atoms with Gasteiger partial charge in [0.2, 0.25) is 5.91 Å². The molecule has 2 aromatic carbocycles. The van der Waals surface area contributed by atoms with E-state index < -0.39 is 12.1 Å². The molecule has 0 spiro atoms. The fourth-order valence-electron chi connectivity index (χ4n) is 3.61. The van der Waals surface area contributed by atoms with Crippen LogP contribution in [0.5, 0.6) is 11.5 Å². The summed E-state index contributed by atoms with van der Waals surface area (Å²) >= 11 is 0. The molecule has 0 bridgehead atoms. The smallest absolute Gasteiger partial charge is 0.325 e. The minimum Gasteiger partial charge on any atom is -0.486 e. The summed E-state index contributed by atoms with van der Waals surface area (Å²) in [5.74, 6) is 0.667. The van der Waals surface area contributed by atoms with Crippen LogP contribution in [0.1, 0.15) is 31.4 Å². The summed E-state index contributed by atoms with van der Waals surface area (Å²) in [5.41, 5.74) is 1.46. The van der Waals surface area contributed by atoms with Crippen molar-refractivity contribution in [2.75, 3.05) is 18.5 Å². The summed E-state index contributed by atoms with van der Waals surface area (Å²) in [5, 5.41) is 5.48. The van der Waals surface area contributed by atoms with Crippen LogP contribution in [0.3, 0.4) is 0 Å². The molecular formula is C22H23N3O5. The van der Waals surface area contributed by atoms with Crippen molar-refractivity contribution in [3.05, 3.63) is 54.1 Å². The molecule has 2 atom stereocenters. The molecule has 4 rings (SSSR count). The second-order valence-corrected chi connectivity index (χ2v) is 7.24. The molecule has 2 N–H and O–H groups in total. The zero-order valence-electron chi connectivity index (χ0n) is 16.6. The summed E-state index contributed by atoms with van der Waals surface area (Å²) in [7, 11) is 0. The average molecular weight is 409 g/mol. The van der Waals surface area contributed by atoms with Crippen LogP contribution in [0.4, 0.5) is 10.5 Å². The molecule has 2 aliphatic heterocycles. The number of amides is 4. The van der Waals surface area contributed by atoms with Crippen LogP contribution in [-0.2, 0) is 9.59 Å². The third-order valence-electron chi connectivity index (χ3n) is 5.21. The number of anilines is 1. The fourth-order valence-corrected chi connectivity index (χ4v) is 3.61. The van der Waals surface area contributed by atoms with Crippen molar-refractivity contribution < 1.29 is 23.9 Å². The maximum absolute atomic E-state index is 12.7. The van der Waals surface area contributed by atoms with Crippen LogP contribution >= 0.6 is 0 Å². The highest BCUT2D eigenvalue weighted by atomic mass is 16.6. The van der Waals surface area contributed by atoms with Gasteiger partial charge in [0, 0.05) is 18.2 Å². The molecule has 0 unspecified atom stereocenters. The molecule has 2 heterocycles. The number of urea groups is 1. The van der Waals surface area contributed by atoms with E-state index in [1.807, 2.05) is 37.3 Å². The van der Waals surface area contributed by atoms with Crippen molar-refractivity contribution in [2.24, 2.45) is 0 Å². The van der Waals surface area contributed by atoms with E-state index in [2.05, 4.69) is 10.6 Å². The lowest BCUT2D eigenvalue weighted by atomic mass is 10.1. The second-order valence-electron chi connectivity index (χ2n) is 7.24. The third-order valence-corrected chi connectivity index (χ3v) is 5.21. The number of hydrogen-bond donors (Lipinski definition) is 2. The minimum atomic E-state index is -0.713. The first-order valence-corrected chi connectivity index (χ1v) is 9.91. The molecule has 8 heteroatoms. The van der Waals surface area contributed by atoms with Gasteiger partial charge in [-0.3, -0.25) is 14.5 Å². The minimum absolute atomic E-state index is 0.0959. The molecule has 2 aromatic rings. The maximum atomic E-state index is 12.7. The van der Waals surface area contributed by atoms with E-state index in [9.17, 15) is 14.4 Å². The van der Waals surface area contributed by atoms with Gasteiger partial charge in [0.05, 0.1) is 6.04 Å². The molecule has 4 amide bonds. The van der Waals surface area contributed by atoms with Crippen molar-refractivity contribution in [3.63, 3.8) is 0 Å². The van der Waals surface area contributed by atoms with Crippen molar-refractivity contribution in [3.8, 4) is 11.5 Å². The van der Waals surface area contributed by atoms with E-state index in [-0.39, 0.29) is 30.7 Å². The molecule has 1 saturated heterocycles. The van der Waals surface area contributed by atoms with E-state index >= 15 is 0 Å². The molecule has 2 aliphatic rings. The topological polar surface area (TPSA) is 97.0 Å². The van der Waals surface area contributed by atoms with Crippen molar-refractivity contribution in [2.45, 2.75) is 31.8 Å². The number of carbonyl (C=O) groups excluding carboxylic acids is 3. The number of rotatable bonds is 6. The Morgan fingerprint density at radius 3 is 2.63 bits per heavy atom. The molecule has 0 saturated carbocycles. The molecule has 0 aromatic heterocycles. The molecule has 156 valence electrons. The van der Waals surface area contributed by atoms with E-state index in [1.54, 1.807) is 18.2 Å². The van der Waals surface area contributed by atoms with E-state index in [4.69, 9.17) is 9.47 Å². The van der Waals surface area contributed by atoms with Gasteiger partial charge < -0.3 is 20.1 Å². The maximum Gasteiger partial charge on any atom is 0.325 e. The quantitative estimate of drug-likeness (QED) is 0.715. The first-order chi connectivity index (χ1) is 14.5. The van der Waals surface area contributed by atoms with Crippen LogP contribution in [0.15, 0.2) is 48.5 Å². The van der Waals surface area contributed by atoms with Gasteiger partial charge in [-0.25, -0.2) is 4.79 Å². The Labute approximate surface area is 174 Å². The summed E-state index contributed by atoms with van der Waals surface area (Å²) in [4.78, 5) is 38.7. The van der Waals surface area contributed by atoms with E-state index in [0.717, 1.165) is 5.56 Å². The Balaban J connectivity index is 1.33. The highest BCUT2D eigenvalue weighted by Gasteiger charge is 2.40. The lowest BCUT2D eigenvalue weighted by Gasteiger charge is -2.21. The number of ether oxygens (including phenoxy) is 2. The number of carbonyl (C=O) groups is 3. The first kappa shape index (κ1) is 19.8. The van der Waals surface area contributed by atoms with Crippen molar-refractivity contribution >= 4 is 23.5 Å². The van der Waals surface area contributed by atoms with Crippen LogP contribution < -0.4 is 20.1 Å². The number of nitrogens with one attached hydrogen (secondary N) is 2. The van der Waals surface area contributed by atoms with Crippen molar-refractivity contribution in [1.29, 1.82) is 0 Å². The number of fused-ring (bicyclic) bond motifs is 1. The van der Waals surface area contributed by atoms with Gasteiger partial charge >= 0.3 is 6.03 Å². The van der Waals surface area contributed by atoms with Gasteiger partial charge in [-0.15, -0.1) is 0 Å². The second kappa shape index (κ2) is 8.44. The average Bonchev–Trinajstić information content (AvgIpc) is 3.05. The number of benzene rings is 2. The Bertz CT molecular complexity index is 963. The lowest BCUT2D eigenvalue weighted by molar-refractivity contribution is -0.129. The van der Waals surface area contributed by atoms with Gasteiger partial charge in [-0.05, 0) is 31.0 Å². The van der Waals surface area contributed by atoms with Crippen LogP contribution in [0.25, 0.3) is 0 Å². The Hall–Kier alpha value is -3.55. The summed E-state index contributed by atoms with van der Waals surface area (Å²) in [6.45, 7) is 2.77. The summed E-state index contributed by atoms with van der Waals surface area (Å²) in [6, 6.07) is 13.0. The third kappa shape index (κ3) is 4.07. The van der Waals surface area contributed by atoms with Crippen molar-refractivity contribution in [1.82, 2.24) is 10.2 Å². The van der Waals surface area contributed by atoms with Crippen LogP contribution in [-0.4, -0.2) is 42.0 Å².